The van der Waals surface area contributed by atoms with Crippen LogP contribution in [0.3, 0.4) is 0 Å². The van der Waals surface area contributed by atoms with Gasteiger partial charge >= 0.3 is 0 Å². The van der Waals surface area contributed by atoms with Gasteiger partial charge in [-0.25, -0.2) is 0 Å². The van der Waals surface area contributed by atoms with Gasteiger partial charge in [0.15, 0.2) is 11.7 Å². The lowest BCUT2D eigenvalue weighted by molar-refractivity contribution is -0.129. The fraction of sp³-hybridized carbons (Fsp3) is 0.389. The molecular formula is C18H19ClN2O3. The summed E-state index contributed by atoms with van der Waals surface area (Å²) < 4.78 is 5.19. The molecule has 0 bridgehead atoms. The summed E-state index contributed by atoms with van der Waals surface area (Å²) in [6.45, 7) is 1.79. The van der Waals surface area contributed by atoms with E-state index in [-0.39, 0.29) is 18.1 Å². The predicted octanol–water partition coefficient (Wildman–Crippen LogP) is 3.66. The quantitative estimate of drug-likeness (QED) is 0.629. The number of carbonyl (C=O) groups excluding carboxylic acids is 2. The van der Waals surface area contributed by atoms with Crippen LogP contribution in [0.15, 0.2) is 24.3 Å². The molecule has 0 fully saturated rings. The lowest BCUT2D eigenvalue weighted by atomic mass is 9.94. The SMILES string of the molecule is COc1cc(Cl)c(C)cc1NC(=O)[C@@H](C#N)C(=O)C[C@H]1C=CCC1. The fourth-order valence-electron chi connectivity index (χ4n) is 2.65. The molecule has 0 heterocycles. The summed E-state index contributed by atoms with van der Waals surface area (Å²) >= 11 is 6.03. The number of methoxy groups -OCH3 is 1. The van der Waals surface area contributed by atoms with Crippen molar-refractivity contribution in [3.63, 3.8) is 0 Å². The Morgan fingerprint density at radius 3 is 2.83 bits per heavy atom. The van der Waals surface area contributed by atoms with E-state index in [1.807, 2.05) is 12.2 Å². The van der Waals surface area contributed by atoms with Gasteiger partial charge in [-0.2, -0.15) is 5.26 Å². The average Bonchev–Trinajstić information content (AvgIpc) is 3.04. The monoisotopic (exact) mass is 346 g/mol. The van der Waals surface area contributed by atoms with E-state index in [9.17, 15) is 14.9 Å². The predicted molar refractivity (Wildman–Crippen MR) is 92.0 cm³/mol. The highest BCUT2D eigenvalue weighted by molar-refractivity contribution is 6.31. The third kappa shape index (κ3) is 4.15. The zero-order valence-electron chi connectivity index (χ0n) is 13.6. The van der Waals surface area contributed by atoms with Crippen molar-refractivity contribution in [1.29, 1.82) is 5.26 Å². The van der Waals surface area contributed by atoms with Gasteiger partial charge < -0.3 is 10.1 Å². The Bertz CT molecular complexity index is 722. The standard InChI is InChI=1S/C18H19ClN2O3/c1-11-7-15(17(24-2)9-14(11)19)21-18(23)13(10-20)16(22)8-12-5-3-4-6-12/h3,5,7,9,12-13H,4,6,8H2,1-2H3,(H,21,23)/t12-,13-/m0/s1. The van der Waals surface area contributed by atoms with Crippen LogP contribution in [0, 0.1) is 30.1 Å². The number of amides is 1. The van der Waals surface area contributed by atoms with Gasteiger partial charge in [0.05, 0.1) is 18.9 Å². The second kappa shape index (κ2) is 7.98. The Hall–Kier alpha value is -2.32. The molecular weight excluding hydrogens is 328 g/mol. The molecule has 1 aliphatic carbocycles. The van der Waals surface area contributed by atoms with E-state index in [0.29, 0.717) is 16.5 Å². The van der Waals surface area contributed by atoms with Crippen LogP contribution in [0.4, 0.5) is 5.69 Å². The van der Waals surface area contributed by atoms with E-state index >= 15 is 0 Å². The van der Waals surface area contributed by atoms with E-state index in [2.05, 4.69) is 5.32 Å². The average molecular weight is 347 g/mol. The molecule has 5 nitrogen and oxygen atoms in total. The molecule has 2 rings (SSSR count). The number of nitrogens with zero attached hydrogens (tertiary/aromatic N) is 1. The number of carbonyl (C=O) groups is 2. The third-order valence-corrected chi connectivity index (χ3v) is 4.43. The number of nitriles is 1. The molecule has 1 aromatic carbocycles. The molecule has 0 saturated carbocycles. The molecule has 0 aromatic heterocycles. The van der Waals surface area contributed by atoms with Crippen molar-refractivity contribution in [3.05, 3.63) is 34.9 Å². The highest BCUT2D eigenvalue weighted by Crippen LogP contribution is 2.31. The van der Waals surface area contributed by atoms with Gasteiger partial charge in [-0.15, -0.1) is 0 Å². The maximum Gasteiger partial charge on any atom is 0.249 e. The number of benzene rings is 1. The Morgan fingerprint density at radius 2 is 2.25 bits per heavy atom. The van der Waals surface area contributed by atoms with Crippen LogP contribution in [-0.4, -0.2) is 18.8 Å². The largest absolute Gasteiger partial charge is 0.495 e. The van der Waals surface area contributed by atoms with Crippen LogP contribution in [0.5, 0.6) is 5.75 Å². The third-order valence-electron chi connectivity index (χ3n) is 4.03. The highest BCUT2D eigenvalue weighted by atomic mass is 35.5. The number of allylic oxidation sites excluding steroid dienone is 2. The number of Topliss-reactive ketones (excluding diaryl/α,β-unsaturated/α-hetero) is 1. The first-order valence-corrected chi connectivity index (χ1v) is 8.08. The molecule has 0 unspecified atom stereocenters. The molecule has 1 N–H and O–H groups in total. The first-order valence-electron chi connectivity index (χ1n) is 7.70. The van der Waals surface area contributed by atoms with Crippen molar-refractivity contribution < 1.29 is 14.3 Å². The van der Waals surface area contributed by atoms with Crippen LogP contribution in [0.25, 0.3) is 0 Å². The number of hydrogen-bond acceptors (Lipinski definition) is 4. The second-order valence-electron chi connectivity index (χ2n) is 5.79. The van der Waals surface area contributed by atoms with Gasteiger partial charge in [-0.3, -0.25) is 9.59 Å². The van der Waals surface area contributed by atoms with Crippen LogP contribution in [-0.2, 0) is 9.59 Å². The van der Waals surface area contributed by atoms with E-state index in [4.69, 9.17) is 16.3 Å². The molecule has 0 radical (unpaired) electrons. The van der Waals surface area contributed by atoms with Gasteiger partial charge in [-0.05, 0) is 37.3 Å². The fourth-order valence-corrected chi connectivity index (χ4v) is 2.81. The molecule has 126 valence electrons. The van der Waals surface area contributed by atoms with Crippen LogP contribution in [0.1, 0.15) is 24.8 Å². The van der Waals surface area contributed by atoms with E-state index in [1.54, 1.807) is 25.1 Å². The van der Waals surface area contributed by atoms with Gasteiger partial charge in [-0.1, -0.05) is 23.8 Å². The summed E-state index contributed by atoms with van der Waals surface area (Å²) in [5.41, 5.74) is 1.14. The molecule has 24 heavy (non-hydrogen) atoms. The maximum absolute atomic E-state index is 12.4. The summed E-state index contributed by atoms with van der Waals surface area (Å²) in [5, 5.41) is 12.3. The lowest BCUT2D eigenvalue weighted by Gasteiger charge is -2.15. The summed E-state index contributed by atoms with van der Waals surface area (Å²) in [6, 6.07) is 5.04. The van der Waals surface area contributed by atoms with Gasteiger partial charge in [0, 0.05) is 17.5 Å². The maximum atomic E-state index is 12.4. The van der Waals surface area contributed by atoms with Crippen molar-refractivity contribution >= 4 is 29.0 Å². The smallest absolute Gasteiger partial charge is 0.249 e. The van der Waals surface area contributed by atoms with Crippen molar-refractivity contribution in [2.75, 3.05) is 12.4 Å². The molecule has 0 spiro atoms. The Morgan fingerprint density at radius 1 is 1.50 bits per heavy atom. The van der Waals surface area contributed by atoms with Crippen molar-refractivity contribution in [2.24, 2.45) is 11.8 Å². The zero-order valence-corrected chi connectivity index (χ0v) is 14.4. The number of rotatable bonds is 6. The number of hydrogen-bond donors (Lipinski definition) is 1. The van der Waals surface area contributed by atoms with Crippen molar-refractivity contribution in [1.82, 2.24) is 0 Å². The minimum absolute atomic E-state index is 0.119. The highest BCUT2D eigenvalue weighted by Gasteiger charge is 2.29. The first kappa shape index (κ1) is 18.0. The second-order valence-corrected chi connectivity index (χ2v) is 6.20. The van der Waals surface area contributed by atoms with E-state index in [0.717, 1.165) is 18.4 Å². The molecule has 6 heteroatoms. The number of ketones is 1. The van der Waals surface area contributed by atoms with E-state index < -0.39 is 11.8 Å². The minimum atomic E-state index is -1.33. The molecule has 1 aromatic rings. The summed E-state index contributed by atoms with van der Waals surface area (Å²) in [5.74, 6) is -1.85. The van der Waals surface area contributed by atoms with Crippen molar-refractivity contribution in [3.8, 4) is 11.8 Å². The minimum Gasteiger partial charge on any atom is -0.495 e. The Kier molecular flexibility index (Phi) is 5.99. The number of ether oxygens (including phenoxy) is 1. The van der Waals surface area contributed by atoms with Gasteiger partial charge in [0.1, 0.15) is 5.75 Å². The molecule has 0 saturated heterocycles. The lowest BCUT2D eigenvalue weighted by Crippen LogP contribution is -2.29. The van der Waals surface area contributed by atoms with Crippen LogP contribution in [0.2, 0.25) is 5.02 Å². The molecule has 2 atom stereocenters. The Labute approximate surface area is 146 Å². The van der Waals surface area contributed by atoms with Gasteiger partial charge in [0.25, 0.3) is 0 Å². The number of nitrogens with one attached hydrogen (secondary N) is 1. The van der Waals surface area contributed by atoms with Crippen molar-refractivity contribution in [2.45, 2.75) is 26.2 Å². The first-order chi connectivity index (χ1) is 11.5. The normalized spacial score (nSPS) is 17.2. The van der Waals surface area contributed by atoms with Gasteiger partial charge in [0.2, 0.25) is 5.91 Å². The molecule has 1 aliphatic rings. The molecule has 1 amide bonds. The van der Waals surface area contributed by atoms with Crippen LogP contribution < -0.4 is 10.1 Å². The summed E-state index contributed by atoms with van der Waals surface area (Å²) in [7, 11) is 1.45. The van der Waals surface area contributed by atoms with E-state index in [1.165, 1.54) is 7.11 Å². The Balaban J connectivity index is 2.12. The van der Waals surface area contributed by atoms with Crippen LogP contribution >= 0.6 is 11.6 Å². The summed E-state index contributed by atoms with van der Waals surface area (Å²) in [4.78, 5) is 24.6. The zero-order chi connectivity index (χ0) is 17.7. The molecule has 0 aliphatic heterocycles. The summed E-state index contributed by atoms with van der Waals surface area (Å²) in [6.07, 6.45) is 6.01. The number of halogens is 1. The number of anilines is 1. The topological polar surface area (TPSA) is 79.2 Å². The number of aryl methyl sites for hydroxylation is 1.